The quantitative estimate of drug-likeness (QED) is 0.485. The molecule has 0 spiro atoms. The molecular formula is C5H6F3NO. The number of carbonyl (C=O) groups is 1. The number of halogens is 3. The fraction of sp³-hybridized carbons (Fsp3) is 0.600. The van der Waals surface area contributed by atoms with Gasteiger partial charge in [0.2, 0.25) is 5.91 Å². The molecule has 0 aromatic carbocycles. The zero-order valence-corrected chi connectivity index (χ0v) is 5.49. The Balaban J connectivity index is 4.35. The number of nitrogens with zero attached hydrogens (tertiary/aromatic N) is 1. The van der Waals surface area contributed by atoms with Crippen molar-refractivity contribution < 1.29 is 18.0 Å². The second-order valence-electron chi connectivity index (χ2n) is 1.71. The van der Waals surface area contributed by atoms with Crippen LogP contribution in [0.5, 0.6) is 0 Å². The summed E-state index contributed by atoms with van der Waals surface area (Å²) in [7, 11) is 0. The predicted molar refractivity (Wildman–Crippen MR) is 29.8 cm³/mol. The highest BCUT2D eigenvalue weighted by Crippen LogP contribution is 2.16. The molecule has 0 unspecified atom stereocenters. The van der Waals surface area contributed by atoms with Crippen molar-refractivity contribution in [3.8, 4) is 0 Å². The predicted octanol–water partition coefficient (Wildman–Crippen LogP) is 1.56. The lowest BCUT2D eigenvalue weighted by Gasteiger charge is -2.02. The van der Waals surface area contributed by atoms with Gasteiger partial charge in [-0.05, 0) is 6.92 Å². The molecule has 0 aliphatic heterocycles. The van der Waals surface area contributed by atoms with Gasteiger partial charge >= 0.3 is 6.18 Å². The first-order valence-corrected chi connectivity index (χ1v) is 2.47. The Morgan fingerprint density at radius 2 is 1.70 bits per heavy atom. The number of hydrogen-bond acceptors (Lipinski definition) is 1. The molecule has 0 aliphatic carbocycles. The van der Waals surface area contributed by atoms with Crippen molar-refractivity contribution >= 4 is 11.6 Å². The topological polar surface area (TPSA) is 29.4 Å². The summed E-state index contributed by atoms with van der Waals surface area (Å²) in [5.74, 6) is -0.838. The van der Waals surface area contributed by atoms with Crippen molar-refractivity contribution in [1.29, 1.82) is 0 Å². The van der Waals surface area contributed by atoms with Crippen molar-refractivity contribution in [2.45, 2.75) is 20.0 Å². The van der Waals surface area contributed by atoms with E-state index in [0.717, 1.165) is 13.8 Å². The maximum atomic E-state index is 11.5. The van der Waals surface area contributed by atoms with Crippen LogP contribution in [0.2, 0.25) is 0 Å². The average Bonchev–Trinajstić information content (AvgIpc) is 1.60. The maximum absolute atomic E-state index is 11.5. The van der Waals surface area contributed by atoms with Crippen LogP contribution >= 0.6 is 0 Å². The van der Waals surface area contributed by atoms with Crippen LogP contribution in [0.1, 0.15) is 13.8 Å². The Morgan fingerprint density at radius 1 is 1.30 bits per heavy atom. The second kappa shape index (κ2) is 2.81. The van der Waals surface area contributed by atoms with Gasteiger partial charge in [0.25, 0.3) is 0 Å². The SMILES string of the molecule is CC(=O)/N=C(/C)C(F)(F)F. The minimum Gasteiger partial charge on any atom is -0.273 e. The van der Waals surface area contributed by atoms with Crippen molar-refractivity contribution in [3.63, 3.8) is 0 Å². The first-order valence-electron chi connectivity index (χ1n) is 2.47. The van der Waals surface area contributed by atoms with E-state index < -0.39 is 17.8 Å². The van der Waals surface area contributed by atoms with Crippen molar-refractivity contribution in [2.24, 2.45) is 4.99 Å². The zero-order valence-electron chi connectivity index (χ0n) is 5.49. The third-order valence-electron chi connectivity index (χ3n) is 0.735. The molecule has 0 bridgehead atoms. The van der Waals surface area contributed by atoms with E-state index in [4.69, 9.17) is 0 Å². The van der Waals surface area contributed by atoms with Gasteiger partial charge in [-0.15, -0.1) is 0 Å². The summed E-state index contributed by atoms with van der Waals surface area (Å²) in [6.45, 7) is 1.72. The van der Waals surface area contributed by atoms with E-state index in [2.05, 4.69) is 4.99 Å². The molecule has 0 heterocycles. The van der Waals surface area contributed by atoms with Gasteiger partial charge in [0.1, 0.15) is 5.71 Å². The van der Waals surface area contributed by atoms with Crippen LogP contribution in [0, 0.1) is 0 Å². The molecule has 0 rings (SSSR count). The van der Waals surface area contributed by atoms with Crippen LogP contribution in [0.3, 0.4) is 0 Å². The van der Waals surface area contributed by atoms with E-state index in [9.17, 15) is 18.0 Å². The molecule has 0 saturated heterocycles. The van der Waals surface area contributed by atoms with Crippen molar-refractivity contribution in [2.75, 3.05) is 0 Å². The zero-order chi connectivity index (χ0) is 8.36. The molecule has 0 atom stereocenters. The molecule has 0 radical (unpaired) electrons. The van der Waals surface area contributed by atoms with E-state index in [0.29, 0.717) is 0 Å². The normalized spacial score (nSPS) is 13.5. The number of carbonyl (C=O) groups excluding carboxylic acids is 1. The summed E-state index contributed by atoms with van der Waals surface area (Å²) in [5, 5.41) is 0. The monoisotopic (exact) mass is 153 g/mol. The van der Waals surface area contributed by atoms with Crippen molar-refractivity contribution in [3.05, 3.63) is 0 Å². The third-order valence-corrected chi connectivity index (χ3v) is 0.735. The fourth-order valence-electron chi connectivity index (χ4n) is 0.300. The Morgan fingerprint density at radius 3 is 1.80 bits per heavy atom. The number of rotatable bonds is 0. The highest BCUT2D eigenvalue weighted by molar-refractivity contribution is 5.96. The van der Waals surface area contributed by atoms with Crippen LogP contribution in [0.25, 0.3) is 0 Å². The molecule has 5 heteroatoms. The molecule has 1 amide bonds. The van der Waals surface area contributed by atoms with Gasteiger partial charge in [0.15, 0.2) is 0 Å². The van der Waals surface area contributed by atoms with Crippen LogP contribution in [0.4, 0.5) is 13.2 Å². The first-order chi connectivity index (χ1) is 4.34. The largest absolute Gasteiger partial charge is 0.429 e. The van der Waals surface area contributed by atoms with Crippen molar-refractivity contribution in [1.82, 2.24) is 0 Å². The van der Waals surface area contributed by atoms with Gasteiger partial charge < -0.3 is 0 Å². The van der Waals surface area contributed by atoms with E-state index in [1.165, 1.54) is 0 Å². The van der Waals surface area contributed by atoms with E-state index >= 15 is 0 Å². The molecule has 0 aromatic heterocycles. The molecule has 58 valence electrons. The van der Waals surface area contributed by atoms with Crippen LogP contribution in [-0.4, -0.2) is 17.8 Å². The van der Waals surface area contributed by atoms with Gasteiger partial charge in [-0.2, -0.15) is 13.2 Å². The summed E-state index contributed by atoms with van der Waals surface area (Å²) in [4.78, 5) is 12.7. The number of hydrogen-bond donors (Lipinski definition) is 0. The highest BCUT2D eigenvalue weighted by atomic mass is 19.4. The number of alkyl halides is 3. The van der Waals surface area contributed by atoms with E-state index in [1.54, 1.807) is 0 Å². The Hall–Kier alpha value is -0.870. The van der Waals surface area contributed by atoms with Crippen LogP contribution in [-0.2, 0) is 4.79 Å². The summed E-state index contributed by atoms with van der Waals surface area (Å²) in [6.07, 6.45) is -4.48. The lowest BCUT2D eigenvalue weighted by molar-refractivity contribution is -0.116. The molecule has 0 aromatic rings. The minimum atomic E-state index is -4.48. The standard InChI is InChI=1S/C5H6F3NO/c1-3(5(6,7)8)9-4(2)10/h1-2H3/b9-3-. The number of aliphatic imine (C=N–C) groups is 1. The highest BCUT2D eigenvalue weighted by Gasteiger charge is 2.32. The maximum Gasteiger partial charge on any atom is 0.429 e. The molecule has 0 saturated carbocycles. The minimum absolute atomic E-state index is 0.751. The summed E-state index contributed by atoms with van der Waals surface area (Å²) in [6, 6.07) is 0. The molecule has 0 aliphatic rings. The smallest absolute Gasteiger partial charge is 0.273 e. The first kappa shape index (κ1) is 9.13. The molecule has 2 nitrogen and oxygen atoms in total. The van der Waals surface area contributed by atoms with Gasteiger partial charge in [-0.1, -0.05) is 0 Å². The van der Waals surface area contributed by atoms with Gasteiger partial charge in [0.05, 0.1) is 0 Å². The van der Waals surface area contributed by atoms with E-state index in [-0.39, 0.29) is 0 Å². The van der Waals surface area contributed by atoms with Crippen LogP contribution in [0.15, 0.2) is 4.99 Å². The lowest BCUT2D eigenvalue weighted by atomic mass is 10.4. The van der Waals surface area contributed by atoms with E-state index in [1.807, 2.05) is 0 Å². The molecule has 0 fully saturated rings. The number of amides is 1. The summed E-state index contributed by atoms with van der Waals surface area (Å²) in [5.41, 5.74) is -1.11. The Kier molecular flexibility index (Phi) is 2.56. The lowest BCUT2D eigenvalue weighted by Crippen LogP contribution is -2.20. The van der Waals surface area contributed by atoms with Crippen LogP contribution < -0.4 is 0 Å². The average molecular weight is 153 g/mol. The molecule has 0 N–H and O–H groups in total. The summed E-state index contributed by atoms with van der Waals surface area (Å²) >= 11 is 0. The van der Waals surface area contributed by atoms with Gasteiger partial charge in [-0.25, -0.2) is 4.99 Å². The van der Waals surface area contributed by atoms with Gasteiger partial charge in [0, 0.05) is 6.92 Å². The molecular weight excluding hydrogens is 147 g/mol. The second-order valence-corrected chi connectivity index (χ2v) is 1.71. The fourth-order valence-corrected chi connectivity index (χ4v) is 0.300. The molecule has 10 heavy (non-hydrogen) atoms. The summed E-state index contributed by atoms with van der Waals surface area (Å²) < 4.78 is 34.6. The van der Waals surface area contributed by atoms with Gasteiger partial charge in [-0.3, -0.25) is 4.79 Å². The Labute approximate surface area is 55.8 Å². The Bertz CT molecular complexity index is 170. The third kappa shape index (κ3) is 3.21.